The Bertz CT molecular complexity index is 112. The summed E-state index contributed by atoms with van der Waals surface area (Å²) < 4.78 is 11.0. The van der Waals surface area contributed by atoms with Crippen molar-refractivity contribution in [3.05, 3.63) is 0 Å². The van der Waals surface area contributed by atoms with E-state index < -0.39 is 0 Å². The Kier molecular flexibility index (Phi) is 2.98. The smallest absolute Gasteiger partial charge is 0.0711 e. The van der Waals surface area contributed by atoms with E-state index in [9.17, 15) is 0 Å². The second-order valence-corrected chi connectivity index (χ2v) is 3.68. The van der Waals surface area contributed by atoms with Gasteiger partial charge in [0.05, 0.1) is 19.3 Å². The summed E-state index contributed by atoms with van der Waals surface area (Å²) in [7, 11) is 0. The summed E-state index contributed by atoms with van der Waals surface area (Å²) in [5.41, 5.74) is 0. The first-order valence-electron chi connectivity index (χ1n) is 4.85. The third-order valence-electron chi connectivity index (χ3n) is 2.61. The van der Waals surface area contributed by atoms with Crippen molar-refractivity contribution in [1.82, 2.24) is 5.32 Å². The largest absolute Gasteiger partial charge is 0.381 e. The standard InChI is InChI=1S/C9H17NO2/c1-3-10-5-9(1)12-7-8-2-4-11-6-8/h8-10H,1-7H2/t8?,9-/m1/s1. The van der Waals surface area contributed by atoms with Crippen LogP contribution in [0.3, 0.4) is 0 Å². The Balaban J connectivity index is 1.60. The van der Waals surface area contributed by atoms with Gasteiger partial charge in [-0.2, -0.15) is 0 Å². The number of rotatable bonds is 3. The van der Waals surface area contributed by atoms with E-state index in [0.717, 1.165) is 32.9 Å². The maximum atomic E-state index is 5.74. The first-order valence-corrected chi connectivity index (χ1v) is 4.85. The average molecular weight is 171 g/mol. The van der Waals surface area contributed by atoms with Gasteiger partial charge in [0.1, 0.15) is 0 Å². The van der Waals surface area contributed by atoms with E-state index in [1.54, 1.807) is 0 Å². The molecule has 0 bridgehead atoms. The first-order chi connectivity index (χ1) is 5.95. The Morgan fingerprint density at radius 3 is 3.08 bits per heavy atom. The minimum Gasteiger partial charge on any atom is -0.381 e. The molecule has 2 atom stereocenters. The molecule has 2 rings (SSSR count). The Hall–Kier alpha value is -0.120. The van der Waals surface area contributed by atoms with Gasteiger partial charge < -0.3 is 14.8 Å². The molecule has 0 aromatic heterocycles. The molecule has 2 aliphatic heterocycles. The minimum absolute atomic E-state index is 0.464. The van der Waals surface area contributed by atoms with Crippen molar-refractivity contribution < 1.29 is 9.47 Å². The van der Waals surface area contributed by atoms with Gasteiger partial charge in [0.25, 0.3) is 0 Å². The zero-order valence-corrected chi connectivity index (χ0v) is 7.42. The molecule has 2 fully saturated rings. The summed E-state index contributed by atoms with van der Waals surface area (Å²) >= 11 is 0. The van der Waals surface area contributed by atoms with E-state index in [4.69, 9.17) is 9.47 Å². The SMILES string of the molecule is C1C[C@@H](OCC2CCOC2)CN1. The molecule has 1 unspecified atom stereocenters. The van der Waals surface area contributed by atoms with Crippen LogP contribution in [0.15, 0.2) is 0 Å². The molecule has 0 aliphatic carbocycles. The van der Waals surface area contributed by atoms with Crippen LogP contribution in [0.4, 0.5) is 0 Å². The molecule has 0 amide bonds. The quantitative estimate of drug-likeness (QED) is 0.667. The maximum Gasteiger partial charge on any atom is 0.0711 e. The van der Waals surface area contributed by atoms with Crippen LogP contribution < -0.4 is 5.32 Å². The third-order valence-corrected chi connectivity index (χ3v) is 2.61. The normalized spacial score (nSPS) is 36.0. The average Bonchev–Trinajstić information content (AvgIpc) is 2.74. The third kappa shape index (κ3) is 2.19. The van der Waals surface area contributed by atoms with Crippen molar-refractivity contribution in [2.75, 3.05) is 32.9 Å². The monoisotopic (exact) mass is 171 g/mol. The van der Waals surface area contributed by atoms with Crippen LogP contribution in [0, 0.1) is 5.92 Å². The van der Waals surface area contributed by atoms with E-state index in [1.807, 2.05) is 0 Å². The van der Waals surface area contributed by atoms with E-state index in [1.165, 1.54) is 12.8 Å². The Labute approximate surface area is 73.4 Å². The van der Waals surface area contributed by atoms with Crippen molar-refractivity contribution in [2.24, 2.45) is 5.92 Å². The number of nitrogens with one attached hydrogen (secondary N) is 1. The zero-order chi connectivity index (χ0) is 8.23. The highest BCUT2D eigenvalue weighted by atomic mass is 16.5. The van der Waals surface area contributed by atoms with Gasteiger partial charge in [-0.3, -0.25) is 0 Å². The van der Waals surface area contributed by atoms with Crippen LogP contribution in [0.2, 0.25) is 0 Å². The van der Waals surface area contributed by atoms with Crippen molar-refractivity contribution in [3.63, 3.8) is 0 Å². The molecule has 3 heteroatoms. The lowest BCUT2D eigenvalue weighted by Gasteiger charge is -2.13. The minimum atomic E-state index is 0.464. The summed E-state index contributed by atoms with van der Waals surface area (Å²) in [6.07, 6.45) is 2.82. The summed E-state index contributed by atoms with van der Waals surface area (Å²) in [6.45, 7) is 4.88. The number of hydrogen-bond acceptors (Lipinski definition) is 3. The van der Waals surface area contributed by atoms with Gasteiger partial charge in [0.2, 0.25) is 0 Å². The fourth-order valence-electron chi connectivity index (χ4n) is 1.76. The van der Waals surface area contributed by atoms with Gasteiger partial charge >= 0.3 is 0 Å². The van der Waals surface area contributed by atoms with Gasteiger partial charge in [0, 0.05) is 19.1 Å². The van der Waals surface area contributed by atoms with E-state index in [2.05, 4.69) is 5.32 Å². The van der Waals surface area contributed by atoms with Crippen LogP contribution in [0.25, 0.3) is 0 Å². The van der Waals surface area contributed by atoms with Crippen LogP contribution in [0.5, 0.6) is 0 Å². The Morgan fingerprint density at radius 2 is 2.42 bits per heavy atom. The van der Waals surface area contributed by atoms with Gasteiger partial charge in [-0.15, -0.1) is 0 Å². The van der Waals surface area contributed by atoms with E-state index >= 15 is 0 Å². The summed E-state index contributed by atoms with van der Waals surface area (Å²) in [4.78, 5) is 0. The molecule has 1 N–H and O–H groups in total. The molecule has 3 nitrogen and oxygen atoms in total. The lowest BCUT2D eigenvalue weighted by Crippen LogP contribution is -2.20. The maximum absolute atomic E-state index is 5.74. The van der Waals surface area contributed by atoms with Crippen LogP contribution >= 0.6 is 0 Å². The van der Waals surface area contributed by atoms with Crippen molar-refractivity contribution >= 4 is 0 Å². The van der Waals surface area contributed by atoms with Crippen molar-refractivity contribution in [1.29, 1.82) is 0 Å². The van der Waals surface area contributed by atoms with Gasteiger partial charge in [-0.05, 0) is 19.4 Å². The molecule has 70 valence electrons. The summed E-state index contributed by atoms with van der Waals surface area (Å²) in [6, 6.07) is 0. The molecule has 2 aliphatic rings. The molecular formula is C9H17NO2. The molecule has 0 aromatic rings. The predicted octanol–water partition coefficient (Wildman–Crippen LogP) is 0.401. The molecular weight excluding hydrogens is 154 g/mol. The second-order valence-electron chi connectivity index (χ2n) is 3.68. The van der Waals surface area contributed by atoms with Gasteiger partial charge in [-0.25, -0.2) is 0 Å². The fraction of sp³-hybridized carbons (Fsp3) is 1.00. The van der Waals surface area contributed by atoms with Gasteiger partial charge in [0.15, 0.2) is 0 Å². The molecule has 0 saturated carbocycles. The molecule has 0 radical (unpaired) electrons. The lowest BCUT2D eigenvalue weighted by atomic mass is 10.1. The molecule has 0 aromatic carbocycles. The summed E-state index contributed by atoms with van der Waals surface area (Å²) in [5.74, 6) is 0.658. The van der Waals surface area contributed by atoms with Crippen LogP contribution in [0.1, 0.15) is 12.8 Å². The molecule has 0 spiro atoms. The van der Waals surface area contributed by atoms with Crippen molar-refractivity contribution in [2.45, 2.75) is 18.9 Å². The topological polar surface area (TPSA) is 30.5 Å². The van der Waals surface area contributed by atoms with Crippen LogP contribution in [-0.4, -0.2) is 39.0 Å². The zero-order valence-electron chi connectivity index (χ0n) is 7.42. The number of hydrogen-bond donors (Lipinski definition) is 1. The highest BCUT2D eigenvalue weighted by molar-refractivity contribution is 4.72. The second kappa shape index (κ2) is 4.21. The highest BCUT2D eigenvalue weighted by Crippen LogP contribution is 2.14. The van der Waals surface area contributed by atoms with Gasteiger partial charge in [-0.1, -0.05) is 0 Å². The molecule has 2 heterocycles. The first kappa shape index (κ1) is 8.48. The molecule has 12 heavy (non-hydrogen) atoms. The lowest BCUT2D eigenvalue weighted by molar-refractivity contribution is 0.0376. The predicted molar refractivity (Wildman–Crippen MR) is 46.2 cm³/mol. The molecule has 2 saturated heterocycles. The Morgan fingerprint density at radius 1 is 1.42 bits per heavy atom. The van der Waals surface area contributed by atoms with E-state index in [-0.39, 0.29) is 0 Å². The number of ether oxygens (including phenoxy) is 2. The summed E-state index contributed by atoms with van der Waals surface area (Å²) in [5, 5.41) is 3.29. The van der Waals surface area contributed by atoms with Crippen molar-refractivity contribution in [3.8, 4) is 0 Å². The highest BCUT2D eigenvalue weighted by Gasteiger charge is 2.20. The van der Waals surface area contributed by atoms with Crippen LogP contribution in [-0.2, 0) is 9.47 Å². The fourth-order valence-corrected chi connectivity index (χ4v) is 1.76. The van der Waals surface area contributed by atoms with E-state index in [0.29, 0.717) is 12.0 Å².